The Morgan fingerprint density at radius 3 is 2.34 bits per heavy atom. The first-order chi connectivity index (χ1) is 13.9. The summed E-state index contributed by atoms with van der Waals surface area (Å²) in [7, 11) is 3.40. The van der Waals surface area contributed by atoms with Gasteiger partial charge in [-0.05, 0) is 31.4 Å². The molecule has 2 aliphatic rings. The summed E-state index contributed by atoms with van der Waals surface area (Å²) in [6, 6.07) is 9.89. The Bertz CT molecular complexity index is 742. The lowest BCUT2D eigenvalue weighted by Crippen LogP contribution is -2.57. The van der Waals surface area contributed by atoms with E-state index in [4.69, 9.17) is 0 Å². The minimum atomic E-state index is -0.685. The monoisotopic (exact) mass is 400 g/mol. The van der Waals surface area contributed by atoms with Crippen molar-refractivity contribution in [1.82, 2.24) is 14.7 Å². The Balaban J connectivity index is 1.81. The van der Waals surface area contributed by atoms with Gasteiger partial charge < -0.3 is 19.6 Å². The normalized spacial score (nSPS) is 18.4. The number of rotatable bonds is 6. The minimum Gasteiger partial charge on any atom is -0.347 e. The Labute approximate surface area is 173 Å². The summed E-state index contributed by atoms with van der Waals surface area (Å²) in [5.41, 5.74) is 0.293. The summed E-state index contributed by atoms with van der Waals surface area (Å²) in [5, 5.41) is 0. The summed E-state index contributed by atoms with van der Waals surface area (Å²) in [5.74, 6) is 0.0887. The van der Waals surface area contributed by atoms with Gasteiger partial charge in [0.25, 0.3) is 5.91 Å². The van der Waals surface area contributed by atoms with E-state index in [0.717, 1.165) is 18.5 Å². The molecule has 3 rings (SSSR count). The number of benzene rings is 1. The van der Waals surface area contributed by atoms with Gasteiger partial charge in [-0.25, -0.2) is 0 Å². The number of hydrogen-bond donors (Lipinski definition) is 0. The minimum absolute atomic E-state index is 0.00258. The van der Waals surface area contributed by atoms with Gasteiger partial charge in [0.05, 0.1) is 6.67 Å². The van der Waals surface area contributed by atoms with Gasteiger partial charge >= 0.3 is 0 Å². The zero-order chi connectivity index (χ0) is 21.0. The van der Waals surface area contributed by atoms with Crippen LogP contribution in [0.15, 0.2) is 30.3 Å². The van der Waals surface area contributed by atoms with E-state index in [1.165, 1.54) is 4.90 Å². The number of unbranched alkanes of at least 4 members (excludes halogenated alkanes) is 1. The van der Waals surface area contributed by atoms with Crippen LogP contribution in [0.3, 0.4) is 0 Å². The molecule has 2 aliphatic heterocycles. The van der Waals surface area contributed by atoms with Crippen LogP contribution in [0, 0.1) is 0 Å². The molecule has 7 heteroatoms. The van der Waals surface area contributed by atoms with Crippen molar-refractivity contribution in [2.24, 2.45) is 0 Å². The van der Waals surface area contributed by atoms with Crippen LogP contribution in [0.2, 0.25) is 0 Å². The molecule has 0 N–H and O–H groups in total. The van der Waals surface area contributed by atoms with Gasteiger partial charge in [-0.3, -0.25) is 14.4 Å². The number of anilines is 1. The van der Waals surface area contributed by atoms with Crippen molar-refractivity contribution in [3.63, 3.8) is 0 Å². The van der Waals surface area contributed by atoms with Crippen LogP contribution in [0.4, 0.5) is 5.69 Å². The number of carbonyl (C=O) groups excluding carboxylic acids is 3. The van der Waals surface area contributed by atoms with Gasteiger partial charge in [-0.2, -0.15) is 0 Å². The number of carbonyl (C=O) groups is 3. The lowest BCUT2D eigenvalue weighted by Gasteiger charge is -2.43. The first-order valence-corrected chi connectivity index (χ1v) is 10.5. The van der Waals surface area contributed by atoms with E-state index in [9.17, 15) is 14.4 Å². The molecular weight excluding hydrogens is 368 g/mol. The van der Waals surface area contributed by atoms with Crippen molar-refractivity contribution in [3.8, 4) is 0 Å². The average molecular weight is 401 g/mol. The van der Waals surface area contributed by atoms with E-state index in [1.807, 2.05) is 35.2 Å². The summed E-state index contributed by atoms with van der Waals surface area (Å²) < 4.78 is 0. The van der Waals surface area contributed by atoms with Gasteiger partial charge in [0.2, 0.25) is 11.8 Å². The summed E-state index contributed by atoms with van der Waals surface area (Å²) in [4.78, 5) is 45.4. The Morgan fingerprint density at radius 1 is 1.10 bits per heavy atom. The molecule has 0 radical (unpaired) electrons. The Morgan fingerprint density at radius 2 is 1.76 bits per heavy atom. The van der Waals surface area contributed by atoms with Gasteiger partial charge in [0, 0.05) is 39.3 Å². The number of likely N-dealkylation sites (tertiary alicyclic amines) is 1. The zero-order valence-electron chi connectivity index (χ0n) is 17.8. The van der Waals surface area contributed by atoms with Gasteiger partial charge in [-0.15, -0.1) is 0 Å². The molecule has 0 aromatic heterocycles. The van der Waals surface area contributed by atoms with Crippen LogP contribution in [0.5, 0.6) is 0 Å². The molecule has 7 nitrogen and oxygen atoms in total. The van der Waals surface area contributed by atoms with E-state index in [1.54, 1.807) is 19.0 Å². The molecule has 2 heterocycles. The summed E-state index contributed by atoms with van der Waals surface area (Å²) >= 11 is 0. The highest BCUT2D eigenvalue weighted by atomic mass is 16.2. The van der Waals surface area contributed by atoms with Crippen LogP contribution < -0.4 is 4.90 Å². The lowest BCUT2D eigenvalue weighted by atomic mass is 9.85. The van der Waals surface area contributed by atoms with Crippen LogP contribution in [0.1, 0.15) is 39.0 Å². The van der Waals surface area contributed by atoms with Crippen molar-refractivity contribution in [2.45, 2.75) is 44.6 Å². The number of piperidine rings is 1. The molecule has 29 heavy (non-hydrogen) atoms. The predicted molar refractivity (Wildman–Crippen MR) is 112 cm³/mol. The highest BCUT2D eigenvalue weighted by Gasteiger charge is 2.54. The molecule has 0 atom stereocenters. The molecule has 0 saturated carbocycles. The van der Waals surface area contributed by atoms with Gasteiger partial charge in [-0.1, -0.05) is 31.5 Å². The number of para-hydroxylation sites is 1. The van der Waals surface area contributed by atoms with Gasteiger partial charge in [0.1, 0.15) is 12.1 Å². The van der Waals surface area contributed by atoms with Crippen LogP contribution in [-0.4, -0.2) is 78.4 Å². The fourth-order valence-corrected chi connectivity index (χ4v) is 4.24. The smallest absolute Gasteiger partial charge is 0.250 e. The van der Waals surface area contributed by atoms with Crippen molar-refractivity contribution >= 4 is 23.4 Å². The van der Waals surface area contributed by atoms with Crippen LogP contribution >= 0.6 is 0 Å². The quantitative estimate of drug-likeness (QED) is 0.732. The summed E-state index contributed by atoms with van der Waals surface area (Å²) in [6.07, 6.45) is 3.65. The molecule has 1 aromatic rings. The van der Waals surface area contributed by atoms with Crippen molar-refractivity contribution in [1.29, 1.82) is 0 Å². The first-order valence-electron chi connectivity index (χ1n) is 10.5. The van der Waals surface area contributed by atoms with Crippen LogP contribution in [0.25, 0.3) is 0 Å². The maximum absolute atomic E-state index is 13.5. The molecule has 3 amide bonds. The van der Waals surface area contributed by atoms with E-state index in [-0.39, 0.29) is 24.3 Å². The molecule has 1 spiro atoms. The molecule has 0 aliphatic carbocycles. The average Bonchev–Trinajstić information content (AvgIpc) is 2.99. The largest absolute Gasteiger partial charge is 0.347 e. The third-order valence-corrected chi connectivity index (χ3v) is 6.09. The molecular formula is C22H32N4O3. The van der Waals surface area contributed by atoms with Crippen molar-refractivity contribution in [2.75, 3.05) is 45.3 Å². The van der Waals surface area contributed by atoms with Crippen molar-refractivity contribution in [3.05, 3.63) is 30.3 Å². The number of nitrogens with zero attached hydrogens (tertiary/aromatic N) is 4. The summed E-state index contributed by atoms with van der Waals surface area (Å²) in [6.45, 7) is 3.71. The van der Waals surface area contributed by atoms with E-state index < -0.39 is 5.54 Å². The molecule has 2 fully saturated rings. The maximum atomic E-state index is 13.5. The number of amides is 3. The highest BCUT2D eigenvalue weighted by molar-refractivity contribution is 5.96. The highest BCUT2D eigenvalue weighted by Crippen LogP contribution is 2.39. The number of likely N-dealkylation sites (N-methyl/N-ethyl adjacent to an activating group) is 1. The van der Waals surface area contributed by atoms with Crippen LogP contribution in [-0.2, 0) is 14.4 Å². The predicted octanol–water partition coefficient (Wildman–Crippen LogP) is 1.93. The van der Waals surface area contributed by atoms with Gasteiger partial charge in [0.15, 0.2) is 0 Å². The standard InChI is InChI=1S/C22H32N4O3/c1-4-5-11-19(27)24-14-12-22(13-15-24)21(29)25(16-20(28)23(2)3)17-26(22)18-9-7-6-8-10-18/h6-10H,4-5,11-17H2,1-3H3. The number of hydrogen-bond acceptors (Lipinski definition) is 4. The third kappa shape index (κ3) is 4.23. The molecule has 2 saturated heterocycles. The fourth-order valence-electron chi connectivity index (χ4n) is 4.24. The van der Waals surface area contributed by atoms with Crippen molar-refractivity contribution < 1.29 is 14.4 Å². The van der Waals surface area contributed by atoms with E-state index in [0.29, 0.717) is 39.0 Å². The second kappa shape index (κ2) is 8.84. The fraction of sp³-hybridized carbons (Fsp3) is 0.591. The Hall–Kier alpha value is -2.57. The molecule has 0 bridgehead atoms. The molecule has 0 unspecified atom stereocenters. The SMILES string of the molecule is CCCCC(=O)N1CCC2(CC1)C(=O)N(CC(=O)N(C)C)CN2c1ccccc1. The third-order valence-electron chi connectivity index (χ3n) is 6.09. The van der Waals surface area contributed by atoms with E-state index in [2.05, 4.69) is 11.8 Å². The molecule has 158 valence electrons. The maximum Gasteiger partial charge on any atom is 0.250 e. The Kier molecular flexibility index (Phi) is 6.45. The first kappa shape index (κ1) is 21.1. The second-order valence-electron chi connectivity index (χ2n) is 8.21. The molecule has 1 aromatic carbocycles. The zero-order valence-corrected chi connectivity index (χ0v) is 17.8. The topological polar surface area (TPSA) is 64.2 Å². The second-order valence-corrected chi connectivity index (χ2v) is 8.21. The lowest BCUT2D eigenvalue weighted by molar-refractivity contribution is -0.141. The van der Waals surface area contributed by atoms with E-state index >= 15 is 0 Å².